The van der Waals surface area contributed by atoms with E-state index in [1.54, 1.807) is 0 Å². The summed E-state index contributed by atoms with van der Waals surface area (Å²) in [4.78, 5) is 20.0. The van der Waals surface area contributed by atoms with Gasteiger partial charge >= 0.3 is 0 Å². The molecule has 6 nitrogen and oxygen atoms in total. The molecule has 34 heavy (non-hydrogen) atoms. The molecule has 0 aliphatic carbocycles. The molecule has 1 fully saturated rings. The van der Waals surface area contributed by atoms with E-state index in [4.69, 9.17) is 9.52 Å². The Hall–Kier alpha value is -3.58. The average molecular weight is 469 g/mol. The van der Waals surface area contributed by atoms with Gasteiger partial charge in [0, 0.05) is 30.2 Å². The fourth-order valence-corrected chi connectivity index (χ4v) is 5.33. The first-order chi connectivity index (χ1) is 16.6. The second kappa shape index (κ2) is 8.65. The molecule has 0 bridgehead atoms. The molecule has 170 valence electrons. The largest absolute Gasteiger partial charge is 0.454 e. The predicted molar refractivity (Wildman–Crippen MR) is 137 cm³/mol. The van der Waals surface area contributed by atoms with Gasteiger partial charge in [-0.25, -0.2) is 4.68 Å². The predicted octanol–water partition coefficient (Wildman–Crippen LogP) is 5.99. The first-order valence-corrected chi connectivity index (χ1v) is 12.4. The highest BCUT2D eigenvalue weighted by atomic mass is 32.2. The van der Waals surface area contributed by atoms with Crippen LogP contribution in [0.2, 0.25) is 0 Å². The van der Waals surface area contributed by atoms with E-state index in [1.165, 1.54) is 11.8 Å². The second-order valence-corrected chi connectivity index (χ2v) is 9.85. The van der Waals surface area contributed by atoms with Gasteiger partial charge in [0.1, 0.15) is 11.3 Å². The summed E-state index contributed by atoms with van der Waals surface area (Å²) >= 11 is 1.46. The number of fused-ring (bicyclic) bond motifs is 1. The molecule has 0 radical (unpaired) electrons. The van der Waals surface area contributed by atoms with Crippen LogP contribution in [-0.2, 0) is 4.79 Å². The number of piperidine rings is 1. The third-order valence-corrected chi connectivity index (χ3v) is 7.42. The van der Waals surface area contributed by atoms with E-state index in [-0.39, 0.29) is 5.91 Å². The van der Waals surface area contributed by atoms with Crippen molar-refractivity contribution in [2.45, 2.75) is 19.8 Å². The maximum Gasteiger partial charge on any atom is 0.286 e. The minimum Gasteiger partial charge on any atom is -0.454 e. The maximum absolute atomic E-state index is 12.8. The molecule has 6 rings (SSSR count). The van der Waals surface area contributed by atoms with Gasteiger partial charge in [0.2, 0.25) is 0 Å². The minimum absolute atomic E-state index is 0.193. The summed E-state index contributed by atoms with van der Waals surface area (Å²) in [6.07, 6.45) is 6.10. The van der Waals surface area contributed by atoms with Gasteiger partial charge in [0.15, 0.2) is 10.9 Å². The molecule has 7 heteroatoms. The van der Waals surface area contributed by atoms with E-state index < -0.39 is 0 Å². The van der Waals surface area contributed by atoms with Crippen LogP contribution in [0.15, 0.2) is 81.2 Å². The summed E-state index contributed by atoms with van der Waals surface area (Å²) in [5, 5.41) is 6.66. The molecule has 0 saturated carbocycles. The molecular weight excluding hydrogens is 444 g/mol. The normalized spacial score (nSPS) is 18.3. The number of aromatic nitrogens is 2. The number of amidine groups is 1. The number of likely N-dealkylation sites (tertiary alicyclic amines) is 1. The molecule has 2 aromatic heterocycles. The first kappa shape index (κ1) is 21.0. The molecule has 0 unspecified atom stereocenters. The number of rotatable bonds is 3. The topological polar surface area (TPSA) is 63.6 Å². The van der Waals surface area contributed by atoms with Crippen molar-refractivity contribution in [2.75, 3.05) is 13.1 Å². The monoisotopic (exact) mass is 468 g/mol. The summed E-state index contributed by atoms with van der Waals surface area (Å²) in [6, 6.07) is 19.8. The van der Waals surface area contributed by atoms with E-state index in [0.29, 0.717) is 16.4 Å². The van der Waals surface area contributed by atoms with Crippen LogP contribution in [0, 0.1) is 5.92 Å². The Bertz CT molecular complexity index is 1390. The molecule has 0 atom stereocenters. The fraction of sp³-hybridized carbons (Fsp3) is 0.222. The van der Waals surface area contributed by atoms with Crippen LogP contribution in [0.4, 0.5) is 0 Å². The number of para-hydroxylation sites is 2. The van der Waals surface area contributed by atoms with Crippen molar-refractivity contribution in [2.24, 2.45) is 10.9 Å². The number of amides is 1. The summed E-state index contributed by atoms with van der Waals surface area (Å²) in [5.41, 5.74) is 3.26. The van der Waals surface area contributed by atoms with Gasteiger partial charge in [0.05, 0.1) is 10.6 Å². The highest BCUT2D eigenvalue weighted by molar-refractivity contribution is 8.18. The zero-order valence-corrected chi connectivity index (χ0v) is 19.7. The van der Waals surface area contributed by atoms with Gasteiger partial charge < -0.3 is 9.32 Å². The van der Waals surface area contributed by atoms with Gasteiger partial charge in [-0.3, -0.25) is 4.79 Å². The highest BCUT2D eigenvalue weighted by Gasteiger charge is 2.29. The van der Waals surface area contributed by atoms with Crippen LogP contribution < -0.4 is 0 Å². The van der Waals surface area contributed by atoms with Crippen LogP contribution in [0.5, 0.6) is 0 Å². The zero-order chi connectivity index (χ0) is 23.1. The van der Waals surface area contributed by atoms with Crippen molar-refractivity contribution in [3.8, 4) is 17.1 Å². The van der Waals surface area contributed by atoms with Gasteiger partial charge in [-0.05, 0) is 60.9 Å². The second-order valence-electron chi connectivity index (χ2n) is 8.84. The van der Waals surface area contributed by atoms with Crippen molar-refractivity contribution in [1.29, 1.82) is 0 Å². The van der Waals surface area contributed by atoms with Gasteiger partial charge in [0.25, 0.3) is 5.91 Å². The molecule has 1 amide bonds. The van der Waals surface area contributed by atoms with E-state index in [0.717, 1.165) is 59.2 Å². The quantitative estimate of drug-likeness (QED) is 0.346. The molecule has 4 heterocycles. The van der Waals surface area contributed by atoms with E-state index >= 15 is 0 Å². The molecule has 0 N–H and O–H groups in total. The smallest absolute Gasteiger partial charge is 0.286 e. The minimum atomic E-state index is -0.193. The maximum atomic E-state index is 12.8. The lowest BCUT2D eigenvalue weighted by atomic mass is 10.00. The summed E-state index contributed by atoms with van der Waals surface area (Å²) in [5.74, 6) is 1.20. The number of benzene rings is 2. The number of thioether (sulfide) groups is 1. The molecule has 2 aliphatic rings. The summed E-state index contributed by atoms with van der Waals surface area (Å²) in [6.45, 7) is 4.18. The van der Waals surface area contributed by atoms with Crippen molar-refractivity contribution in [3.05, 3.63) is 77.3 Å². The summed E-state index contributed by atoms with van der Waals surface area (Å²) in [7, 11) is 0. The first-order valence-electron chi connectivity index (χ1n) is 11.6. The number of carbonyl (C=O) groups excluding carboxylic acids is 1. The number of aliphatic imine (C=N–C) groups is 1. The lowest BCUT2D eigenvalue weighted by molar-refractivity contribution is -0.113. The van der Waals surface area contributed by atoms with E-state index in [9.17, 15) is 4.79 Å². The van der Waals surface area contributed by atoms with Crippen LogP contribution >= 0.6 is 11.8 Å². The van der Waals surface area contributed by atoms with Crippen molar-refractivity contribution < 1.29 is 9.21 Å². The van der Waals surface area contributed by atoms with Crippen LogP contribution in [0.25, 0.3) is 34.2 Å². The van der Waals surface area contributed by atoms with Gasteiger partial charge in [-0.15, -0.1) is 0 Å². The van der Waals surface area contributed by atoms with Crippen LogP contribution in [0.3, 0.4) is 0 Å². The number of nitrogens with zero attached hydrogens (tertiary/aromatic N) is 4. The molecule has 4 aromatic rings. The van der Waals surface area contributed by atoms with E-state index in [2.05, 4.69) is 16.8 Å². The Labute approximate surface area is 202 Å². The van der Waals surface area contributed by atoms with Crippen molar-refractivity contribution in [1.82, 2.24) is 14.7 Å². The molecule has 2 aliphatic heterocycles. The molecular formula is C27H24N4O2S. The van der Waals surface area contributed by atoms with Gasteiger partial charge in [-0.2, -0.15) is 10.1 Å². The molecule has 1 saturated heterocycles. The van der Waals surface area contributed by atoms with Crippen molar-refractivity contribution in [3.63, 3.8) is 0 Å². The van der Waals surface area contributed by atoms with Crippen LogP contribution in [-0.4, -0.2) is 38.8 Å². The summed E-state index contributed by atoms with van der Waals surface area (Å²) < 4.78 is 7.95. The Kier molecular flexibility index (Phi) is 5.34. The highest BCUT2D eigenvalue weighted by Crippen LogP contribution is 2.35. The van der Waals surface area contributed by atoms with E-state index in [1.807, 2.05) is 77.6 Å². The average Bonchev–Trinajstić information content (AvgIpc) is 3.57. The number of furan rings is 1. The van der Waals surface area contributed by atoms with Crippen LogP contribution in [0.1, 0.15) is 25.3 Å². The Morgan fingerprint density at radius 2 is 1.82 bits per heavy atom. The third-order valence-electron chi connectivity index (χ3n) is 6.37. The number of hydrogen-bond donors (Lipinski definition) is 0. The fourth-order valence-electron chi connectivity index (χ4n) is 4.37. The Balaban J connectivity index is 1.38. The SMILES string of the molecule is CC1CCN(C2=NC(=O)/C(=C/c3cn(-c4ccccc4)nc3-c3cc4ccccc4o3)S2)CC1. The number of carbonyl (C=O) groups is 1. The standard InChI is InChI=1S/C27H24N4O2S/c1-18-11-13-30(14-12-18)27-28-26(32)24(34-27)16-20-17-31(21-8-3-2-4-9-21)29-25(20)23-15-19-7-5-6-10-22(19)33-23/h2-10,15-18H,11-14H2,1H3/b24-16-. The Morgan fingerprint density at radius 1 is 1.06 bits per heavy atom. The zero-order valence-electron chi connectivity index (χ0n) is 18.8. The Morgan fingerprint density at radius 3 is 2.62 bits per heavy atom. The lowest BCUT2D eigenvalue weighted by Crippen LogP contribution is -2.35. The van der Waals surface area contributed by atoms with Crippen molar-refractivity contribution >= 4 is 39.9 Å². The molecule has 2 aromatic carbocycles. The molecule has 0 spiro atoms. The number of hydrogen-bond acceptors (Lipinski definition) is 5. The lowest BCUT2D eigenvalue weighted by Gasteiger charge is -2.30. The van der Waals surface area contributed by atoms with Gasteiger partial charge in [-0.1, -0.05) is 43.3 Å². The third kappa shape index (κ3) is 3.96.